The minimum Gasteiger partial charge on any atom is -0.462 e. The van der Waals surface area contributed by atoms with Crippen molar-refractivity contribution in [1.82, 2.24) is 4.90 Å². The van der Waals surface area contributed by atoms with Crippen molar-refractivity contribution in [1.29, 1.82) is 0 Å². The molecular weight excluding hydrogens is 530 g/mol. The lowest BCUT2D eigenvalue weighted by Gasteiger charge is -2.35. The van der Waals surface area contributed by atoms with E-state index in [4.69, 9.17) is 9.15 Å². The summed E-state index contributed by atoms with van der Waals surface area (Å²) < 4.78 is 11.7. The minimum absolute atomic E-state index is 0.132. The highest BCUT2D eigenvalue weighted by atomic mass is 79.9. The zero-order chi connectivity index (χ0) is 25.7. The molecule has 3 aromatic rings. The van der Waals surface area contributed by atoms with E-state index in [1.807, 2.05) is 35.2 Å². The fourth-order valence-electron chi connectivity index (χ4n) is 3.92. The third-order valence-electron chi connectivity index (χ3n) is 5.76. The first-order valence-electron chi connectivity index (χ1n) is 11.4. The summed E-state index contributed by atoms with van der Waals surface area (Å²) in [5.41, 5.74) is 1.31. The predicted molar refractivity (Wildman–Crippen MR) is 139 cm³/mol. The molecule has 1 saturated heterocycles. The van der Waals surface area contributed by atoms with E-state index in [1.165, 1.54) is 18.2 Å². The molecule has 1 aliphatic heterocycles. The molecule has 2 aromatic carbocycles. The SMILES string of the molecule is CCOC(=O)c1ccc(N2CCN(C(=O)/C=C/c3ccc(-c4ccc(Br)cc4)o3)CC2)c([N+](=O)[O-])c1. The zero-order valence-electron chi connectivity index (χ0n) is 19.6. The number of nitro benzene ring substituents is 1. The van der Waals surface area contributed by atoms with E-state index in [1.54, 1.807) is 30.0 Å². The Morgan fingerprint density at radius 2 is 1.81 bits per heavy atom. The average molecular weight is 554 g/mol. The van der Waals surface area contributed by atoms with Crippen molar-refractivity contribution in [3.05, 3.63) is 86.6 Å². The Hall–Kier alpha value is -3.92. The number of anilines is 1. The van der Waals surface area contributed by atoms with E-state index in [-0.39, 0.29) is 23.8 Å². The second kappa shape index (κ2) is 11.2. The Morgan fingerprint density at radius 1 is 1.08 bits per heavy atom. The van der Waals surface area contributed by atoms with Gasteiger partial charge in [-0.2, -0.15) is 0 Å². The van der Waals surface area contributed by atoms with Crippen LogP contribution >= 0.6 is 15.9 Å². The van der Waals surface area contributed by atoms with Gasteiger partial charge in [-0.1, -0.05) is 28.1 Å². The van der Waals surface area contributed by atoms with Gasteiger partial charge in [-0.3, -0.25) is 14.9 Å². The van der Waals surface area contributed by atoms with Crippen molar-refractivity contribution in [3.63, 3.8) is 0 Å². The topological polar surface area (TPSA) is 106 Å². The van der Waals surface area contributed by atoms with Crippen LogP contribution in [0.1, 0.15) is 23.0 Å². The molecule has 0 aliphatic carbocycles. The van der Waals surface area contributed by atoms with Gasteiger partial charge >= 0.3 is 5.97 Å². The molecule has 10 heteroatoms. The summed E-state index contributed by atoms with van der Waals surface area (Å²) in [6.07, 6.45) is 3.10. The molecular formula is C26H24BrN3O6. The molecule has 0 unspecified atom stereocenters. The molecule has 0 bridgehead atoms. The van der Waals surface area contributed by atoms with Crippen LogP contribution < -0.4 is 4.90 Å². The summed E-state index contributed by atoms with van der Waals surface area (Å²) >= 11 is 3.41. The maximum Gasteiger partial charge on any atom is 0.338 e. The predicted octanol–water partition coefficient (Wildman–Crippen LogP) is 5.16. The molecule has 0 spiro atoms. The number of nitrogens with zero attached hydrogens (tertiary/aromatic N) is 3. The summed E-state index contributed by atoms with van der Waals surface area (Å²) in [6, 6.07) is 15.7. The maximum atomic E-state index is 12.7. The smallest absolute Gasteiger partial charge is 0.338 e. The number of carbonyl (C=O) groups excluding carboxylic acids is 2. The molecule has 36 heavy (non-hydrogen) atoms. The van der Waals surface area contributed by atoms with Crippen LogP contribution in [0.3, 0.4) is 0 Å². The third-order valence-corrected chi connectivity index (χ3v) is 6.29. The molecule has 2 heterocycles. The van der Waals surface area contributed by atoms with Gasteiger partial charge in [-0.25, -0.2) is 4.79 Å². The van der Waals surface area contributed by atoms with Gasteiger partial charge in [-0.05, 0) is 49.4 Å². The van der Waals surface area contributed by atoms with Gasteiger partial charge in [-0.15, -0.1) is 0 Å². The van der Waals surface area contributed by atoms with Gasteiger partial charge < -0.3 is 19.0 Å². The highest BCUT2D eigenvalue weighted by Crippen LogP contribution is 2.30. The van der Waals surface area contributed by atoms with E-state index >= 15 is 0 Å². The van der Waals surface area contributed by atoms with Gasteiger partial charge in [0.2, 0.25) is 5.91 Å². The first kappa shape index (κ1) is 25.2. The number of nitro groups is 1. The van der Waals surface area contributed by atoms with E-state index in [0.717, 1.165) is 10.0 Å². The lowest BCUT2D eigenvalue weighted by atomic mass is 10.1. The normalized spacial score (nSPS) is 13.7. The van der Waals surface area contributed by atoms with Gasteiger partial charge in [0.15, 0.2) is 0 Å². The number of amides is 1. The first-order valence-corrected chi connectivity index (χ1v) is 12.2. The van der Waals surface area contributed by atoms with Crippen LogP contribution in [0.4, 0.5) is 11.4 Å². The Balaban J connectivity index is 1.37. The third kappa shape index (κ3) is 5.83. The molecule has 1 fully saturated rings. The standard InChI is InChI=1S/C26H24BrN3O6/c1-2-35-26(32)19-5-10-22(23(17-19)30(33)34)28-13-15-29(16-14-28)25(31)12-9-21-8-11-24(36-21)18-3-6-20(27)7-4-18/h3-12,17H,2,13-16H2,1H3/b12-9+. The molecule has 0 radical (unpaired) electrons. The van der Waals surface area contributed by atoms with Crippen LogP contribution in [0, 0.1) is 10.1 Å². The molecule has 0 saturated carbocycles. The van der Waals surface area contributed by atoms with E-state index in [9.17, 15) is 19.7 Å². The van der Waals surface area contributed by atoms with Crippen LogP contribution in [0.2, 0.25) is 0 Å². The number of rotatable bonds is 7. The summed E-state index contributed by atoms with van der Waals surface area (Å²) in [5, 5.41) is 11.6. The van der Waals surface area contributed by atoms with Crippen molar-refractivity contribution in [3.8, 4) is 11.3 Å². The largest absolute Gasteiger partial charge is 0.462 e. The number of hydrogen-bond acceptors (Lipinski definition) is 7. The van der Waals surface area contributed by atoms with E-state index in [2.05, 4.69) is 15.9 Å². The van der Waals surface area contributed by atoms with Crippen LogP contribution in [0.5, 0.6) is 0 Å². The maximum absolute atomic E-state index is 12.7. The number of hydrogen-bond donors (Lipinski definition) is 0. The fraction of sp³-hybridized carbons (Fsp3) is 0.231. The molecule has 9 nitrogen and oxygen atoms in total. The van der Waals surface area contributed by atoms with Gasteiger partial charge in [0.1, 0.15) is 17.2 Å². The number of benzene rings is 2. The molecule has 1 aliphatic rings. The van der Waals surface area contributed by atoms with Crippen LogP contribution in [0.15, 0.2) is 69.6 Å². The highest BCUT2D eigenvalue weighted by Gasteiger charge is 2.26. The monoisotopic (exact) mass is 553 g/mol. The lowest BCUT2D eigenvalue weighted by Crippen LogP contribution is -2.48. The molecule has 0 atom stereocenters. The van der Waals surface area contributed by atoms with Gasteiger partial charge in [0.25, 0.3) is 5.69 Å². The number of ether oxygens (including phenoxy) is 1. The van der Waals surface area contributed by atoms with Gasteiger partial charge in [0, 0.05) is 48.4 Å². The van der Waals surface area contributed by atoms with E-state index < -0.39 is 10.9 Å². The average Bonchev–Trinajstić information content (AvgIpc) is 3.36. The molecule has 0 N–H and O–H groups in total. The Kier molecular flexibility index (Phi) is 7.84. The zero-order valence-corrected chi connectivity index (χ0v) is 21.1. The summed E-state index contributed by atoms with van der Waals surface area (Å²) in [5.74, 6) is 0.509. The number of esters is 1. The van der Waals surface area contributed by atoms with Crippen molar-refractivity contribution >= 4 is 45.3 Å². The van der Waals surface area contributed by atoms with Crippen molar-refractivity contribution in [2.24, 2.45) is 0 Å². The Morgan fingerprint density at radius 3 is 2.47 bits per heavy atom. The fourth-order valence-corrected chi connectivity index (χ4v) is 4.18. The Bertz CT molecular complexity index is 1290. The lowest BCUT2D eigenvalue weighted by molar-refractivity contribution is -0.384. The number of halogens is 1. The second-order valence-electron chi connectivity index (χ2n) is 8.04. The Labute approximate surface area is 216 Å². The van der Waals surface area contributed by atoms with Crippen LogP contribution in [-0.4, -0.2) is 54.5 Å². The van der Waals surface area contributed by atoms with Crippen molar-refractivity contribution in [2.45, 2.75) is 6.92 Å². The van der Waals surface area contributed by atoms with E-state index in [0.29, 0.717) is 43.4 Å². The highest BCUT2D eigenvalue weighted by molar-refractivity contribution is 9.10. The number of carbonyl (C=O) groups is 2. The summed E-state index contributed by atoms with van der Waals surface area (Å²) in [4.78, 5) is 39.3. The molecule has 1 aromatic heterocycles. The summed E-state index contributed by atoms with van der Waals surface area (Å²) in [6.45, 7) is 3.52. The second-order valence-corrected chi connectivity index (χ2v) is 8.95. The van der Waals surface area contributed by atoms with Gasteiger partial charge in [0.05, 0.1) is 17.1 Å². The molecule has 4 rings (SSSR count). The molecule has 1 amide bonds. The van der Waals surface area contributed by atoms with Crippen LogP contribution in [0.25, 0.3) is 17.4 Å². The summed E-state index contributed by atoms with van der Waals surface area (Å²) in [7, 11) is 0. The van der Waals surface area contributed by atoms with Crippen molar-refractivity contribution < 1.29 is 23.7 Å². The van der Waals surface area contributed by atoms with Crippen molar-refractivity contribution in [2.75, 3.05) is 37.7 Å². The quantitative estimate of drug-likeness (QED) is 0.172. The minimum atomic E-state index is -0.602. The number of piperazine rings is 1. The molecule has 186 valence electrons. The van der Waals surface area contributed by atoms with Crippen LogP contribution in [-0.2, 0) is 9.53 Å². The number of furan rings is 1. The first-order chi connectivity index (χ1) is 17.4.